The Morgan fingerprint density at radius 3 is 2.80 bits per heavy atom. The Morgan fingerprint density at radius 2 is 2.04 bits per heavy atom. The van der Waals surface area contributed by atoms with Crippen LogP contribution in [0.15, 0.2) is 43.0 Å². The Kier molecular flexibility index (Phi) is 4.04. The Morgan fingerprint density at radius 1 is 1.24 bits per heavy atom. The lowest BCUT2D eigenvalue weighted by molar-refractivity contribution is -0.111. The average molecular weight is 334 g/mol. The maximum Gasteiger partial charge on any atom is 0.258 e. The van der Waals surface area contributed by atoms with Crippen LogP contribution in [0, 0.1) is 5.92 Å². The van der Waals surface area contributed by atoms with Gasteiger partial charge in [-0.15, -0.1) is 0 Å². The van der Waals surface area contributed by atoms with Crippen molar-refractivity contribution in [2.24, 2.45) is 5.92 Å². The zero-order valence-corrected chi connectivity index (χ0v) is 14.3. The number of carbonyl (C=O) groups is 2. The molecule has 0 saturated heterocycles. The van der Waals surface area contributed by atoms with Crippen LogP contribution in [-0.2, 0) is 4.79 Å². The molecule has 4 nitrogen and oxygen atoms in total. The van der Waals surface area contributed by atoms with Crippen LogP contribution in [0.3, 0.4) is 0 Å². The predicted octanol–water partition coefficient (Wildman–Crippen LogP) is 4.50. The number of hydrogen-bond donors (Lipinski definition) is 1. The summed E-state index contributed by atoms with van der Waals surface area (Å²) in [7, 11) is 0. The van der Waals surface area contributed by atoms with Crippen LogP contribution in [0.2, 0.25) is 0 Å². The van der Waals surface area contributed by atoms with Gasteiger partial charge in [-0.25, -0.2) is 0 Å². The summed E-state index contributed by atoms with van der Waals surface area (Å²) in [6.45, 7) is 4.27. The number of nitrogens with one attached hydrogen (secondary N) is 1. The summed E-state index contributed by atoms with van der Waals surface area (Å²) in [5, 5.41) is 4.69. The highest BCUT2D eigenvalue weighted by molar-refractivity contribution is 6.27. The molecule has 1 aliphatic heterocycles. The van der Waals surface area contributed by atoms with Gasteiger partial charge in [-0.3, -0.25) is 9.59 Å². The standard InChI is InChI=1S/C21H22N2O2/c1-2-19(24)22-17-10-11-18-20-15(17)8-5-9-16(20)21(25)23(18)13-12-14-6-3-4-7-14/h2,5,8-11,14H,1,3-4,6-7,12-13H2,(H,22,24). The van der Waals surface area contributed by atoms with Crippen molar-refractivity contribution >= 4 is 34.0 Å². The number of anilines is 2. The first-order chi connectivity index (χ1) is 12.2. The van der Waals surface area contributed by atoms with Gasteiger partial charge in [-0.1, -0.05) is 44.4 Å². The first-order valence-electron chi connectivity index (χ1n) is 9.00. The molecule has 2 aromatic rings. The quantitative estimate of drug-likeness (QED) is 0.818. The number of carbonyl (C=O) groups excluding carboxylic acids is 2. The number of amides is 2. The summed E-state index contributed by atoms with van der Waals surface area (Å²) in [6, 6.07) is 9.54. The van der Waals surface area contributed by atoms with Gasteiger partial charge < -0.3 is 10.2 Å². The molecule has 0 atom stereocenters. The summed E-state index contributed by atoms with van der Waals surface area (Å²) in [5.74, 6) is 0.576. The number of benzene rings is 2. The molecule has 0 spiro atoms. The molecule has 0 radical (unpaired) electrons. The summed E-state index contributed by atoms with van der Waals surface area (Å²) in [6.07, 6.45) is 7.54. The van der Waals surface area contributed by atoms with Crippen molar-refractivity contribution in [2.75, 3.05) is 16.8 Å². The van der Waals surface area contributed by atoms with Gasteiger partial charge in [0.2, 0.25) is 5.91 Å². The highest BCUT2D eigenvalue weighted by Gasteiger charge is 2.31. The first-order valence-corrected chi connectivity index (χ1v) is 9.00. The molecule has 0 unspecified atom stereocenters. The van der Waals surface area contributed by atoms with E-state index in [9.17, 15) is 9.59 Å². The van der Waals surface area contributed by atoms with E-state index in [-0.39, 0.29) is 11.8 Å². The van der Waals surface area contributed by atoms with E-state index < -0.39 is 0 Å². The van der Waals surface area contributed by atoms with Gasteiger partial charge in [0.15, 0.2) is 0 Å². The molecular weight excluding hydrogens is 312 g/mol. The molecule has 2 aliphatic rings. The van der Waals surface area contributed by atoms with E-state index in [4.69, 9.17) is 0 Å². The first kappa shape index (κ1) is 15.9. The summed E-state index contributed by atoms with van der Waals surface area (Å²) in [5.41, 5.74) is 2.41. The molecule has 4 heteroatoms. The Bertz CT molecular complexity index is 866. The minimum Gasteiger partial charge on any atom is -0.322 e. The van der Waals surface area contributed by atoms with Crippen molar-refractivity contribution in [3.63, 3.8) is 0 Å². The molecular formula is C21H22N2O2. The lowest BCUT2D eigenvalue weighted by Gasteiger charge is -2.20. The van der Waals surface area contributed by atoms with Gasteiger partial charge in [0.05, 0.1) is 5.69 Å². The van der Waals surface area contributed by atoms with Crippen molar-refractivity contribution in [2.45, 2.75) is 32.1 Å². The molecule has 2 amide bonds. The largest absolute Gasteiger partial charge is 0.322 e. The molecule has 1 saturated carbocycles. The third-order valence-corrected chi connectivity index (χ3v) is 5.46. The SMILES string of the molecule is C=CC(=O)Nc1ccc2c3c(cccc13)C(=O)N2CCC1CCCC1. The predicted molar refractivity (Wildman–Crippen MR) is 101 cm³/mol. The van der Waals surface area contributed by atoms with Crippen molar-refractivity contribution in [3.05, 3.63) is 48.6 Å². The van der Waals surface area contributed by atoms with E-state index in [0.717, 1.165) is 46.6 Å². The maximum atomic E-state index is 12.9. The molecule has 2 aromatic carbocycles. The zero-order chi connectivity index (χ0) is 17.4. The molecule has 1 fully saturated rings. The fourth-order valence-electron chi connectivity index (χ4n) is 4.17. The molecule has 1 N–H and O–H groups in total. The van der Waals surface area contributed by atoms with Crippen molar-refractivity contribution in [1.29, 1.82) is 0 Å². The van der Waals surface area contributed by atoms with Crippen molar-refractivity contribution in [3.8, 4) is 0 Å². The summed E-state index contributed by atoms with van der Waals surface area (Å²) < 4.78 is 0. The second kappa shape index (κ2) is 6.36. The number of nitrogens with zero attached hydrogens (tertiary/aromatic N) is 1. The van der Waals surface area contributed by atoms with Gasteiger partial charge in [0.1, 0.15) is 0 Å². The lowest BCUT2D eigenvalue weighted by Crippen LogP contribution is -2.28. The van der Waals surface area contributed by atoms with Crippen LogP contribution >= 0.6 is 0 Å². The second-order valence-electron chi connectivity index (χ2n) is 6.95. The maximum absolute atomic E-state index is 12.9. The molecule has 25 heavy (non-hydrogen) atoms. The molecule has 0 bridgehead atoms. The van der Waals surface area contributed by atoms with Crippen LogP contribution in [-0.4, -0.2) is 18.4 Å². The molecule has 4 rings (SSSR count). The Balaban J connectivity index is 1.69. The average Bonchev–Trinajstić information content (AvgIpc) is 3.24. The van der Waals surface area contributed by atoms with E-state index in [1.54, 1.807) is 0 Å². The monoisotopic (exact) mass is 334 g/mol. The van der Waals surface area contributed by atoms with Crippen LogP contribution < -0.4 is 10.2 Å². The fourth-order valence-corrected chi connectivity index (χ4v) is 4.17. The minimum atomic E-state index is -0.247. The van der Waals surface area contributed by atoms with Crippen molar-refractivity contribution < 1.29 is 9.59 Å². The molecule has 128 valence electrons. The van der Waals surface area contributed by atoms with Gasteiger partial charge in [0.25, 0.3) is 5.91 Å². The smallest absolute Gasteiger partial charge is 0.258 e. The van der Waals surface area contributed by atoms with Gasteiger partial charge in [-0.2, -0.15) is 0 Å². The molecule has 1 heterocycles. The third kappa shape index (κ3) is 2.72. The molecule has 0 aromatic heterocycles. The van der Waals surface area contributed by atoms with E-state index in [1.807, 2.05) is 35.2 Å². The summed E-state index contributed by atoms with van der Waals surface area (Å²) in [4.78, 5) is 26.5. The third-order valence-electron chi connectivity index (χ3n) is 5.46. The van der Waals surface area contributed by atoms with Gasteiger partial charge in [-0.05, 0) is 36.6 Å². The Hall–Kier alpha value is -2.62. The number of rotatable bonds is 5. The van der Waals surface area contributed by atoms with Crippen LogP contribution in [0.4, 0.5) is 11.4 Å². The molecule has 1 aliphatic carbocycles. The minimum absolute atomic E-state index is 0.0748. The van der Waals surface area contributed by atoms with Crippen LogP contribution in [0.1, 0.15) is 42.5 Å². The van der Waals surface area contributed by atoms with Crippen molar-refractivity contribution in [1.82, 2.24) is 0 Å². The van der Waals surface area contributed by atoms with E-state index in [1.165, 1.54) is 31.8 Å². The van der Waals surface area contributed by atoms with Crippen LogP contribution in [0.5, 0.6) is 0 Å². The zero-order valence-electron chi connectivity index (χ0n) is 14.3. The van der Waals surface area contributed by atoms with Gasteiger partial charge in [0, 0.05) is 28.6 Å². The lowest BCUT2D eigenvalue weighted by atomic mass is 10.0. The van der Waals surface area contributed by atoms with Gasteiger partial charge >= 0.3 is 0 Å². The fraction of sp³-hybridized carbons (Fsp3) is 0.333. The number of hydrogen-bond acceptors (Lipinski definition) is 2. The van der Waals surface area contributed by atoms with E-state index >= 15 is 0 Å². The highest BCUT2D eigenvalue weighted by atomic mass is 16.2. The van der Waals surface area contributed by atoms with E-state index in [0.29, 0.717) is 0 Å². The Labute approximate surface area is 147 Å². The summed E-state index contributed by atoms with van der Waals surface area (Å²) >= 11 is 0. The second-order valence-corrected chi connectivity index (χ2v) is 6.95. The normalized spacial score (nSPS) is 16.6. The van der Waals surface area contributed by atoms with Crippen LogP contribution in [0.25, 0.3) is 10.8 Å². The highest BCUT2D eigenvalue weighted by Crippen LogP contribution is 2.41. The topological polar surface area (TPSA) is 49.4 Å². The van der Waals surface area contributed by atoms with E-state index in [2.05, 4.69) is 11.9 Å².